The third-order valence-electron chi connectivity index (χ3n) is 7.26. The number of aromatic nitrogens is 3. The molecule has 0 aliphatic carbocycles. The summed E-state index contributed by atoms with van der Waals surface area (Å²) in [5.41, 5.74) is 8.99. The molecule has 45 heavy (non-hydrogen) atoms. The van der Waals surface area contributed by atoms with Gasteiger partial charge in [-0.2, -0.15) is 5.10 Å². The standard InChI is InChI=1S/C33H35BrClN5O4Si/c1-38(2)33(42)24-8-6-7-9-30(24)44-23-11-13-28(26(35)18-23)40-32(36)25(19-37-40)31(41)29-17-21-16-22(34)10-12-27(21)39(29)20-43-14-15-45(3,4)5/h6-13,16-19H,14-15,20,36H2,1-5H3. The van der Waals surface area contributed by atoms with Crippen molar-refractivity contribution >= 4 is 64.0 Å². The number of carbonyl (C=O) groups excluding carboxylic acids is 2. The third kappa shape index (κ3) is 7.17. The monoisotopic (exact) mass is 707 g/mol. The summed E-state index contributed by atoms with van der Waals surface area (Å²) in [7, 11) is 2.09. The fraction of sp³-hybridized carbons (Fsp3) is 0.242. The van der Waals surface area contributed by atoms with Gasteiger partial charge in [0.25, 0.3) is 5.91 Å². The maximum absolute atomic E-state index is 14.0. The van der Waals surface area contributed by atoms with Gasteiger partial charge in [0.1, 0.15) is 24.0 Å². The number of benzene rings is 3. The summed E-state index contributed by atoms with van der Waals surface area (Å²) in [6.07, 6.45) is 1.45. The number of nitrogens with zero attached hydrogens (tertiary/aromatic N) is 4. The van der Waals surface area contributed by atoms with E-state index in [0.29, 0.717) is 40.1 Å². The minimum Gasteiger partial charge on any atom is -0.456 e. The van der Waals surface area contributed by atoms with Crippen LogP contribution in [-0.2, 0) is 11.5 Å². The maximum Gasteiger partial charge on any atom is 0.257 e. The summed E-state index contributed by atoms with van der Waals surface area (Å²) in [6.45, 7) is 7.76. The number of amides is 1. The lowest BCUT2D eigenvalue weighted by Crippen LogP contribution is -2.22. The number of ketones is 1. The highest BCUT2D eigenvalue weighted by Crippen LogP contribution is 2.33. The molecule has 0 atom stereocenters. The number of hydrogen-bond donors (Lipinski definition) is 1. The Kier molecular flexibility index (Phi) is 9.54. The molecule has 2 heterocycles. The van der Waals surface area contributed by atoms with E-state index in [1.807, 2.05) is 28.8 Å². The molecule has 3 aromatic carbocycles. The van der Waals surface area contributed by atoms with Crippen LogP contribution in [0.1, 0.15) is 26.4 Å². The van der Waals surface area contributed by atoms with Crippen molar-refractivity contribution in [3.8, 4) is 17.2 Å². The molecule has 0 saturated heterocycles. The molecule has 5 rings (SSSR count). The number of carbonyl (C=O) groups is 2. The molecule has 1 amide bonds. The van der Waals surface area contributed by atoms with Crippen molar-refractivity contribution in [3.05, 3.63) is 99.2 Å². The Morgan fingerprint density at radius 1 is 1.02 bits per heavy atom. The Morgan fingerprint density at radius 2 is 1.78 bits per heavy atom. The average molecular weight is 709 g/mol. The predicted molar refractivity (Wildman–Crippen MR) is 185 cm³/mol. The van der Waals surface area contributed by atoms with Crippen LogP contribution < -0.4 is 10.5 Å². The zero-order valence-corrected chi connectivity index (χ0v) is 29.1. The SMILES string of the molecule is CN(C)C(=O)c1ccccc1Oc1ccc(-n2ncc(C(=O)c3cc4cc(Br)ccc4n3COCC[Si](C)(C)C)c2N)c(Cl)c1. The molecule has 2 aromatic heterocycles. The van der Waals surface area contributed by atoms with Gasteiger partial charge in [-0.25, -0.2) is 4.68 Å². The summed E-state index contributed by atoms with van der Waals surface area (Å²) in [4.78, 5) is 28.0. The van der Waals surface area contributed by atoms with Crippen LogP contribution in [0.25, 0.3) is 16.6 Å². The highest BCUT2D eigenvalue weighted by Gasteiger charge is 2.24. The number of anilines is 1. The maximum atomic E-state index is 14.0. The summed E-state index contributed by atoms with van der Waals surface area (Å²) < 4.78 is 16.3. The number of nitrogens with two attached hydrogens (primary N) is 1. The van der Waals surface area contributed by atoms with Gasteiger partial charge in [0, 0.05) is 44.7 Å². The van der Waals surface area contributed by atoms with Crippen molar-refractivity contribution in [1.82, 2.24) is 19.2 Å². The summed E-state index contributed by atoms with van der Waals surface area (Å²) in [6, 6.07) is 20.7. The molecule has 0 radical (unpaired) electrons. The van der Waals surface area contributed by atoms with E-state index >= 15 is 0 Å². The van der Waals surface area contributed by atoms with Crippen molar-refractivity contribution in [1.29, 1.82) is 0 Å². The molecule has 0 spiro atoms. The minimum absolute atomic E-state index is 0.148. The van der Waals surface area contributed by atoms with Crippen molar-refractivity contribution in [3.63, 3.8) is 0 Å². The number of ether oxygens (including phenoxy) is 2. The molecule has 0 aliphatic heterocycles. The zero-order chi connectivity index (χ0) is 32.5. The van der Waals surface area contributed by atoms with Gasteiger partial charge in [0.15, 0.2) is 0 Å². The van der Waals surface area contributed by atoms with Crippen LogP contribution >= 0.6 is 27.5 Å². The lowest BCUT2D eigenvalue weighted by molar-refractivity contribution is 0.0824. The van der Waals surface area contributed by atoms with Crippen LogP contribution in [0, 0.1) is 0 Å². The summed E-state index contributed by atoms with van der Waals surface area (Å²) in [5.74, 6) is 0.515. The molecule has 0 saturated carbocycles. The van der Waals surface area contributed by atoms with E-state index in [0.717, 1.165) is 21.4 Å². The van der Waals surface area contributed by atoms with Gasteiger partial charge in [-0.15, -0.1) is 0 Å². The van der Waals surface area contributed by atoms with Gasteiger partial charge in [-0.1, -0.05) is 59.3 Å². The van der Waals surface area contributed by atoms with Crippen LogP contribution in [-0.4, -0.2) is 59.7 Å². The van der Waals surface area contributed by atoms with Gasteiger partial charge in [-0.3, -0.25) is 9.59 Å². The number of para-hydroxylation sites is 1. The van der Waals surface area contributed by atoms with Crippen LogP contribution in [0.2, 0.25) is 30.7 Å². The average Bonchev–Trinajstić information content (AvgIpc) is 3.54. The van der Waals surface area contributed by atoms with Gasteiger partial charge >= 0.3 is 0 Å². The molecule has 0 aliphatic rings. The molecular weight excluding hydrogens is 674 g/mol. The normalized spacial score (nSPS) is 11.6. The smallest absolute Gasteiger partial charge is 0.257 e. The van der Waals surface area contributed by atoms with E-state index in [9.17, 15) is 9.59 Å². The van der Waals surface area contributed by atoms with E-state index in [1.54, 1.807) is 56.6 Å². The van der Waals surface area contributed by atoms with Crippen molar-refractivity contribution in [2.75, 3.05) is 26.4 Å². The fourth-order valence-electron chi connectivity index (χ4n) is 4.79. The van der Waals surface area contributed by atoms with Crippen LogP contribution in [0.3, 0.4) is 0 Å². The van der Waals surface area contributed by atoms with Gasteiger partial charge in [0.05, 0.1) is 39.2 Å². The van der Waals surface area contributed by atoms with Gasteiger partial charge in [0.2, 0.25) is 5.78 Å². The molecular formula is C33H35BrClN5O4Si. The first-order chi connectivity index (χ1) is 21.3. The number of fused-ring (bicyclic) bond motifs is 1. The Morgan fingerprint density at radius 3 is 2.49 bits per heavy atom. The molecule has 0 unspecified atom stereocenters. The largest absolute Gasteiger partial charge is 0.456 e. The fourth-order valence-corrected chi connectivity index (χ4v) is 6.18. The van der Waals surface area contributed by atoms with E-state index in [-0.39, 0.29) is 29.8 Å². The number of rotatable bonds is 11. The van der Waals surface area contributed by atoms with Crippen molar-refractivity contribution < 1.29 is 19.1 Å². The lowest BCUT2D eigenvalue weighted by Gasteiger charge is -2.16. The number of hydrogen-bond acceptors (Lipinski definition) is 6. The Hall–Kier alpha value is -3.90. The molecule has 0 fully saturated rings. The van der Waals surface area contributed by atoms with Gasteiger partial charge < -0.3 is 24.7 Å². The zero-order valence-electron chi connectivity index (χ0n) is 25.8. The summed E-state index contributed by atoms with van der Waals surface area (Å²) in [5, 5.41) is 5.62. The third-order valence-corrected chi connectivity index (χ3v) is 9.76. The Bertz CT molecular complexity index is 1900. The minimum atomic E-state index is -1.27. The Balaban J connectivity index is 1.42. The van der Waals surface area contributed by atoms with Crippen LogP contribution in [0.5, 0.6) is 11.5 Å². The second-order valence-electron chi connectivity index (χ2n) is 12.1. The summed E-state index contributed by atoms with van der Waals surface area (Å²) >= 11 is 10.2. The Labute approximate surface area is 276 Å². The predicted octanol–water partition coefficient (Wildman–Crippen LogP) is 7.86. The number of halogens is 2. The van der Waals surface area contributed by atoms with E-state index in [1.165, 1.54) is 15.8 Å². The second-order valence-corrected chi connectivity index (χ2v) is 19.0. The van der Waals surface area contributed by atoms with Gasteiger partial charge in [-0.05, 0) is 54.6 Å². The second kappa shape index (κ2) is 13.2. The molecule has 12 heteroatoms. The first-order valence-electron chi connectivity index (χ1n) is 14.4. The van der Waals surface area contributed by atoms with E-state index in [2.05, 4.69) is 40.7 Å². The molecule has 2 N–H and O–H groups in total. The van der Waals surface area contributed by atoms with Crippen LogP contribution in [0.4, 0.5) is 5.82 Å². The van der Waals surface area contributed by atoms with Crippen molar-refractivity contribution in [2.24, 2.45) is 0 Å². The first kappa shape index (κ1) is 32.5. The van der Waals surface area contributed by atoms with E-state index in [4.69, 9.17) is 26.8 Å². The lowest BCUT2D eigenvalue weighted by atomic mass is 10.1. The molecule has 234 valence electrons. The number of nitrogen functional groups attached to an aromatic ring is 1. The van der Waals surface area contributed by atoms with Crippen LogP contribution in [0.15, 0.2) is 77.4 Å². The highest BCUT2D eigenvalue weighted by molar-refractivity contribution is 9.10. The topological polar surface area (TPSA) is 105 Å². The first-order valence-corrected chi connectivity index (χ1v) is 19.2. The highest BCUT2D eigenvalue weighted by atomic mass is 79.9. The molecule has 9 nitrogen and oxygen atoms in total. The molecule has 5 aromatic rings. The van der Waals surface area contributed by atoms with Crippen molar-refractivity contribution in [2.45, 2.75) is 32.4 Å². The quantitative estimate of drug-likeness (QED) is 0.0851. The molecule has 0 bridgehead atoms. The van der Waals surface area contributed by atoms with E-state index < -0.39 is 8.07 Å².